The molecule has 23 heavy (non-hydrogen) atoms. The smallest absolute Gasteiger partial charge is 0.244 e. The molecule has 0 saturated carbocycles. The monoisotopic (exact) mass is 424 g/mol. The molecule has 0 spiro atoms. The number of rotatable bonds is 7. The first-order valence-electron chi connectivity index (χ1n) is 7.50. The minimum absolute atomic E-state index is 0.0263. The van der Waals surface area contributed by atoms with E-state index in [0.29, 0.717) is 19.7 Å². The Morgan fingerprint density at radius 1 is 1.48 bits per heavy atom. The summed E-state index contributed by atoms with van der Waals surface area (Å²) in [5.41, 5.74) is 0. The van der Waals surface area contributed by atoms with Crippen LogP contribution in [0.4, 0.5) is 0 Å². The normalized spacial score (nSPS) is 19.6. The molecule has 1 aliphatic heterocycles. The first-order valence-corrected chi connectivity index (χ1v) is 10.1. The summed E-state index contributed by atoms with van der Waals surface area (Å²) in [6.07, 6.45) is 1.74. The second-order valence-electron chi connectivity index (χ2n) is 5.74. The fourth-order valence-electron chi connectivity index (χ4n) is 2.82. The van der Waals surface area contributed by atoms with Gasteiger partial charge in [-0.05, 0) is 38.1 Å². The lowest BCUT2D eigenvalue weighted by Gasteiger charge is -2.28. The van der Waals surface area contributed by atoms with Gasteiger partial charge >= 0.3 is 0 Å². The van der Waals surface area contributed by atoms with Gasteiger partial charge in [0.1, 0.15) is 4.90 Å². The number of nitrogens with zero attached hydrogens (tertiary/aromatic N) is 2. The van der Waals surface area contributed by atoms with Gasteiger partial charge < -0.3 is 9.64 Å². The fraction of sp³-hybridized carbons (Fsp3) is 0.600. The van der Waals surface area contributed by atoms with E-state index in [1.54, 1.807) is 29.6 Å². The summed E-state index contributed by atoms with van der Waals surface area (Å²) < 4.78 is 33.3. The number of benzene rings is 1. The molecule has 1 atom stereocenters. The summed E-state index contributed by atoms with van der Waals surface area (Å²) >= 11 is 9.46. The third kappa shape index (κ3) is 4.67. The van der Waals surface area contributed by atoms with E-state index in [9.17, 15) is 8.42 Å². The summed E-state index contributed by atoms with van der Waals surface area (Å²) in [5.74, 6) is 0. The topological polar surface area (TPSA) is 49.9 Å². The number of hydrogen-bond donors (Lipinski definition) is 0. The van der Waals surface area contributed by atoms with E-state index >= 15 is 0 Å². The molecule has 1 saturated heterocycles. The van der Waals surface area contributed by atoms with Gasteiger partial charge in [0.05, 0.1) is 11.6 Å². The molecule has 5 nitrogen and oxygen atoms in total. The zero-order valence-electron chi connectivity index (χ0n) is 13.3. The Kier molecular flexibility index (Phi) is 6.88. The molecule has 1 aliphatic rings. The number of sulfonamides is 1. The van der Waals surface area contributed by atoms with Crippen LogP contribution in [-0.4, -0.2) is 64.1 Å². The quantitative estimate of drug-likeness (QED) is 0.674. The van der Waals surface area contributed by atoms with Crippen LogP contribution < -0.4 is 0 Å². The highest BCUT2D eigenvalue weighted by Crippen LogP contribution is 2.32. The van der Waals surface area contributed by atoms with Crippen LogP contribution in [0.2, 0.25) is 5.02 Å². The number of methoxy groups -OCH3 is 1. The second kappa shape index (κ2) is 8.27. The summed E-state index contributed by atoms with van der Waals surface area (Å²) in [5, 5.41) is 0.248. The predicted octanol–water partition coefficient (Wildman–Crippen LogP) is 2.83. The molecule has 0 aromatic heterocycles. The summed E-state index contributed by atoms with van der Waals surface area (Å²) in [6.45, 7) is 2.64. The van der Waals surface area contributed by atoms with Gasteiger partial charge in [-0.3, -0.25) is 0 Å². The molecular weight excluding hydrogens is 404 g/mol. The van der Waals surface area contributed by atoms with Crippen LogP contribution in [0.1, 0.15) is 12.8 Å². The Bertz CT molecular complexity index is 642. The molecule has 1 fully saturated rings. The van der Waals surface area contributed by atoms with Crippen LogP contribution in [0.3, 0.4) is 0 Å². The van der Waals surface area contributed by atoms with Crippen molar-refractivity contribution in [2.75, 3.05) is 40.4 Å². The Morgan fingerprint density at radius 3 is 2.87 bits per heavy atom. The van der Waals surface area contributed by atoms with Gasteiger partial charge in [0.15, 0.2) is 0 Å². The van der Waals surface area contributed by atoms with Crippen LogP contribution in [0.15, 0.2) is 27.6 Å². The Balaban J connectivity index is 2.17. The molecule has 8 heteroatoms. The zero-order chi connectivity index (χ0) is 17.0. The molecule has 1 heterocycles. The van der Waals surface area contributed by atoms with Crippen LogP contribution in [0.25, 0.3) is 0 Å². The molecule has 1 unspecified atom stereocenters. The third-order valence-electron chi connectivity index (χ3n) is 4.00. The highest BCUT2D eigenvalue weighted by molar-refractivity contribution is 9.10. The molecule has 1 aromatic rings. The maximum absolute atomic E-state index is 13.0. The van der Waals surface area contributed by atoms with Crippen LogP contribution in [-0.2, 0) is 14.8 Å². The number of ether oxygens (including phenoxy) is 1. The first kappa shape index (κ1) is 19.1. The van der Waals surface area contributed by atoms with Crippen LogP contribution in [0, 0.1) is 0 Å². The van der Waals surface area contributed by atoms with E-state index in [4.69, 9.17) is 16.3 Å². The average molecular weight is 426 g/mol. The molecule has 0 N–H and O–H groups in total. The van der Waals surface area contributed by atoms with Crippen molar-refractivity contribution in [3.8, 4) is 0 Å². The molecule has 2 rings (SSSR count). The van der Waals surface area contributed by atoms with Crippen molar-refractivity contribution in [1.29, 1.82) is 0 Å². The van der Waals surface area contributed by atoms with Crippen molar-refractivity contribution in [2.45, 2.75) is 23.8 Å². The van der Waals surface area contributed by atoms with Crippen molar-refractivity contribution in [3.63, 3.8) is 0 Å². The minimum Gasteiger partial charge on any atom is -0.383 e. The lowest BCUT2D eigenvalue weighted by Crippen LogP contribution is -2.42. The Morgan fingerprint density at radius 2 is 2.22 bits per heavy atom. The molecule has 130 valence electrons. The minimum atomic E-state index is -3.58. The average Bonchev–Trinajstić information content (AvgIpc) is 2.93. The lowest BCUT2D eigenvalue weighted by molar-refractivity contribution is 0.151. The molecule has 0 amide bonds. The fourth-order valence-corrected chi connectivity index (χ4v) is 5.51. The molecule has 0 aliphatic carbocycles. The number of likely N-dealkylation sites (N-methyl/N-ethyl adjacent to an activating group) is 1. The van der Waals surface area contributed by atoms with E-state index < -0.39 is 10.0 Å². The maximum atomic E-state index is 13.0. The molecular formula is C15H22BrClN2O3S. The van der Waals surface area contributed by atoms with Crippen molar-refractivity contribution in [1.82, 2.24) is 9.21 Å². The number of halogens is 2. The summed E-state index contributed by atoms with van der Waals surface area (Å²) in [7, 11) is 0.0645. The van der Waals surface area contributed by atoms with Crippen LogP contribution in [0.5, 0.6) is 0 Å². The summed E-state index contributed by atoms with van der Waals surface area (Å²) in [6, 6.07) is 4.85. The van der Waals surface area contributed by atoms with E-state index in [1.807, 2.05) is 7.05 Å². The predicted molar refractivity (Wildman–Crippen MR) is 95.4 cm³/mol. The Hall–Kier alpha value is -0.180. The highest BCUT2D eigenvalue weighted by Gasteiger charge is 2.36. The lowest BCUT2D eigenvalue weighted by atomic mass is 10.2. The van der Waals surface area contributed by atoms with Gasteiger partial charge in [0.2, 0.25) is 10.0 Å². The van der Waals surface area contributed by atoms with Gasteiger partial charge in [0.25, 0.3) is 0 Å². The van der Waals surface area contributed by atoms with Crippen molar-refractivity contribution in [2.24, 2.45) is 0 Å². The summed E-state index contributed by atoms with van der Waals surface area (Å²) in [4.78, 5) is 2.28. The molecule has 1 aromatic carbocycles. The van der Waals surface area contributed by atoms with Crippen molar-refractivity contribution in [3.05, 3.63) is 27.7 Å². The molecule has 0 radical (unpaired) electrons. The van der Waals surface area contributed by atoms with Gasteiger partial charge in [0, 0.05) is 37.3 Å². The van der Waals surface area contributed by atoms with Gasteiger partial charge in [-0.2, -0.15) is 4.31 Å². The van der Waals surface area contributed by atoms with Crippen molar-refractivity contribution >= 4 is 37.6 Å². The second-order valence-corrected chi connectivity index (χ2v) is 8.92. The number of hydrogen-bond acceptors (Lipinski definition) is 4. The standard InChI is InChI=1S/C15H22BrClN2O3S/c1-18(8-9-22-2)11-13-4-3-7-19(13)23(20,21)15-6-5-12(16)10-14(15)17/h5-6,10,13H,3-4,7-9,11H2,1-2H3. The van der Waals surface area contributed by atoms with Gasteiger partial charge in [-0.25, -0.2) is 8.42 Å². The van der Waals surface area contributed by atoms with E-state index in [1.165, 1.54) is 0 Å². The van der Waals surface area contributed by atoms with Crippen molar-refractivity contribution < 1.29 is 13.2 Å². The van der Waals surface area contributed by atoms with Gasteiger partial charge in [-0.1, -0.05) is 27.5 Å². The van der Waals surface area contributed by atoms with E-state index in [0.717, 1.165) is 23.9 Å². The highest BCUT2D eigenvalue weighted by atomic mass is 79.9. The van der Waals surface area contributed by atoms with Gasteiger partial charge in [-0.15, -0.1) is 0 Å². The van der Waals surface area contributed by atoms with E-state index in [2.05, 4.69) is 20.8 Å². The molecule has 0 bridgehead atoms. The SMILES string of the molecule is COCCN(C)CC1CCCN1S(=O)(=O)c1ccc(Br)cc1Cl. The Labute approximate surface area is 151 Å². The maximum Gasteiger partial charge on any atom is 0.244 e. The third-order valence-corrected chi connectivity index (χ3v) is 6.93. The zero-order valence-corrected chi connectivity index (χ0v) is 16.5. The van der Waals surface area contributed by atoms with E-state index in [-0.39, 0.29) is 16.0 Å². The first-order chi connectivity index (χ1) is 10.9. The largest absolute Gasteiger partial charge is 0.383 e. The van der Waals surface area contributed by atoms with Crippen LogP contribution >= 0.6 is 27.5 Å².